The molecular formula is C14H18F2N2O4. The predicted molar refractivity (Wildman–Crippen MR) is 74.9 cm³/mol. The molecule has 0 aliphatic heterocycles. The lowest BCUT2D eigenvalue weighted by Gasteiger charge is -2.22. The standard InChI is InChI=1S/C14H18F2N2O4/c1-9(17-14(21)18(2)8-7-12(19)20)10-5-3-4-6-11(10)22-13(15)16/h3-6,9,13H,7-8H2,1-2H3,(H,17,21)(H,19,20). The number of ether oxygens (including phenoxy) is 1. The zero-order valence-electron chi connectivity index (χ0n) is 12.3. The molecule has 0 fully saturated rings. The smallest absolute Gasteiger partial charge is 0.387 e. The van der Waals surface area contributed by atoms with E-state index in [1.165, 1.54) is 18.0 Å². The molecule has 122 valence electrons. The van der Waals surface area contributed by atoms with Crippen LogP contribution in [0.15, 0.2) is 24.3 Å². The Morgan fingerprint density at radius 3 is 2.59 bits per heavy atom. The monoisotopic (exact) mass is 316 g/mol. The molecule has 1 unspecified atom stereocenters. The topological polar surface area (TPSA) is 78.9 Å². The minimum absolute atomic E-state index is 0.0153. The third-order valence-electron chi connectivity index (χ3n) is 2.95. The van der Waals surface area contributed by atoms with Crippen molar-refractivity contribution in [1.29, 1.82) is 0 Å². The number of carboxylic acids is 1. The second kappa shape index (κ2) is 8.16. The quantitative estimate of drug-likeness (QED) is 0.810. The van der Waals surface area contributed by atoms with Crippen molar-refractivity contribution in [2.45, 2.75) is 26.0 Å². The van der Waals surface area contributed by atoms with Gasteiger partial charge < -0.3 is 20.1 Å². The van der Waals surface area contributed by atoms with Crippen LogP contribution in [0.25, 0.3) is 0 Å². The summed E-state index contributed by atoms with van der Waals surface area (Å²) in [5.74, 6) is -1.03. The van der Waals surface area contributed by atoms with Crippen LogP contribution in [0.5, 0.6) is 5.75 Å². The molecule has 8 heteroatoms. The fraction of sp³-hybridized carbons (Fsp3) is 0.429. The molecule has 0 radical (unpaired) electrons. The van der Waals surface area contributed by atoms with Crippen LogP contribution in [0.2, 0.25) is 0 Å². The third kappa shape index (κ3) is 5.55. The minimum atomic E-state index is -2.96. The number of rotatable bonds is 7. The first-order valence-corrected chi connectivity index (χ1v) is 6.58. The summed E-state index contributed by atoms with van der Waals surface area (Å²) >= 11 is 0. The van der Waals surface area contributed by atoms with Gasteiger partial charge in [0.25, 0.3) is 0 Å². The summed E-state index contributed by atoms with van der Waals surface area (Å²) < 4.78 is 29.1. The number of halogens is 2. The van der Waals surface area contributed by atoms with Gasteiger partial charge in [-0.05, 0) is 13.0 Å². The van der Waals surface area contributed by atoms with Crippen LogP contribution in [-0.2, 0) is 4.79 Å². The number of nitrogens with zero attached hydrogens (tertiary/aromatic N) is 1. The van der Waals surface area contributed by atoms with Crippen molar-refractivity contribution in [3.05, 3.63) is 29.8 Å². The van der Waals surface area contributed by atoms with Crippen LogP contribution < -0.4 is 10.1 Å². The number of hydrogen-bond donors (Lipinski definition) is 2. The van der Waals surface area contributed by atoms with E-state index in [4.69, 9.17) is 5.11 Å². The first-order chi connectivity index (χ1) is 10.3. The lowest BCUT2D eigenvalue weighted by atomic mass is 10.1. The summed E-state index contributed by atoms with van der Waals surface area (Å²) in [6.45, 7) is -1.29. The largest absolute Gasteiger partial charge is 0.481 e. The second-order valence-corrected chi connectivity index (χ2v) is 4.65. The van der Waals surface area contributed by atoms with Crippen LogP contribution in [0.3, 0.4) is 0 Å². The summed E-state index contributed by atoms with van der Waals surface area (Å²) in [5.41, 5.74) is 0.405. The van der Waals surface area contributed by atoms with Crippen molar-refractivity contribution in [3.63, 3.8) is 0 Å². The van der Waals surface area contributed by atoms with Crippen LogP contribution in [0.1, 0.15) is 24.9 Å². The number of alkyl halides is 2. The van der Waals surface area contributed by atoms with Crippen LogP contribution >= 0.6 is 0 Å². The molecule has 0 aromatic heterocycles. The Balaban J connectivity index is 2.70. The number of carboxylic acid groups (broad SMARTS) is 1. The SMILES string of the molecule is CC(NC(=O)N(C)CCC(=O)O)c1ccccc1OC(F)F. The Morgan fingerprint density at radius 1 is 1.36 bits per heavy atom. The first-order valence-electron chi connectivity index (χ1n) is 6.58. The molecule has 0 bridgehead atoms. The van der Waals surface area contributed by atoms with Crippen molar-refractivity contribution in [2.75, 3.05) is 13.6 Å². The highest BCUT2D eigenvalue weighted by atomic mass is 19.3. The van der Waals surface area contributed by atoms with E-state index in [0.29, 0.717) is 5.56 Å². The third-order valence-corrected chi connectivity index (χ3v) is 2.95. The van der Waals surface area contributed by atoms with Gasteiger partial charge in [-0.2, -0.15) is 8.78 Å². The van der Waals surface area contributed by atoms with Crippen molar-refractivity contribution in [3.8, 4) is 5.75 Å². The van der Waals surface area contributed by atoms with E-state index in [2.05, 4.69) is 10.1 Å². The van der Waals surface area contributed by atoms with E-state index < -0.39 is 24.7 Å². The molecule has 0 heterocycles. The maximum Gasteiger partial charge on any atom is 0.387 e. The van der Waals surface area contributed by atoms with Crippen molar-refractivity contribution in [2.24, 2.45) is 0 Å². The average molecular weight is 316 g/mol. The number of nitrogens with one attached hydrogen (secondary N) is 1. The molecule has 0 saturated carbocycles. The number of amides is 2. The van der Waals surface area contributed by atoms with Gasteiger partial charge in [0.1, 0.15) is 5.75 Å². The Bertz CT molecular complexity index is 525. The Kier molecular flexibility index (Phi) is 6.55. The van der Waals surface area contributed by atoms with Crippen molar-refractivity contribution >= 4 is 12.0 Å². The number of aliphatic carboxylic acids is 1. The van der Waals surface area contributed by atoms with E-state index in [-0.39, 0.29) is 18.7 Å². The Hall–Kier alpha value is -2.38. The second-order valence-electron chi connectivity index (χ2n) is 4.65. The number of benzene rings is 1. The molecule has 0 aliphatic carbocycles. The molecule has 22 heavy (non-hydrogen) atoms. The highest BCUT2D eigenvalue weighted by Gasteiger charge is 2.18. The maximum absolute atomic E-state index is 12.4. The minimum Gasteiger partial charge on any atom is -0.481 e. The highest BCUT2D eigenvalue weighted by molar-refractivity contribution is 5.75. The van der Waals surface area contributed by atoms with Gasteiger partial charge in [0, 0.05) is 19.2 Å². The molecule has 6 nitrogen and oxygen atoms in total. The van der Waals surface area contributed by atoms with E-state index in [9.17, 15) is 18.4 Å². The van der Waals surface area contributed by atoms with E-state index in [1.807, 2.05) is 0 Å². The van der Waals surface area contributed by atoms with Crippen LogP contribution in [-0.4, -0.2) is 42.2 Å². The molecule has 1 aromatic carbocycles. The molecule has 0 spiro atoms. The molecule has 1 atom stereocenters. The lowest BCUT2D eigenvalue weighted by molar-refractivity contribution is -0.137. The number of para-hydroxylation sites is 1. The van der Waals surface area contributed by atoms with E-state index in [0.717, 1.165) is 0 Å². The van der Waals surface area contributed by atoms with Crippen molar-refractivity contribution < 1.29 is 28.2 Å². The van der Waals surface area contributed by atoms with Crippen LogP contribution in [0, 0.1) is 0 Å². The number of hydrogen-bond acceptors (Lipinski definition) is 3. The summed E-state index contributed by atoms with van der Waals surface area (Å²) in [6.07, 6.45) is -0.177. The zero-order valence-corrected chi connectivity index (χ0v) is 12.3. The maximum atomic E-state index is 12.4. The van der Waals surface area contributed by atoms with Gasteiger partial charge in [-0.3, -0.25) is 4.79 Å². The normalized spacial score (nSPS) is 11.9. The van der Waals surface area contributed by atoms with Gasteiger partial charge in [-0.1, -0.05) is 18.2 Å². The molecule has 1 aromatic rings. The highest BCUT2D eigenvalue weighted by Crippen LogP contribution is 2.26. The van der Waals surface area contributed by atoms with Gasteiger partial charge in [0.2, 0.25) is 0 Å². The van der Waals surface area contributed by atoms with Gasteiger partial charge in [-0.15, -0.1) is 0 Å². The molecular weight excluding hydrogens is 298 g/mol. The number of carbonyl (C=O) groups is 2. The Morgan fingerprint density at radius 2 is 2.00 bits per heavy atom. The molecule has 0 aliphatic rings. The van der Waals surface area contributed by atoms with E-state index in [1.54, 1.807) is 25.1 Å². The fourth-order valence-corrected chi connectivity index (χ4v) is 1.78. The molecule has 1 rings (SSSR count). The zero-order chi connectivity index (χ0) is 16.7. The Labute approximate surface area is 126 Å². The van der Waals surface area contributed by atoms with E-state index >= 15 is 0 Å². The molecule has 2 amide bonds. The summed E-state index contributed by atoms with van der Waals surface area (Å²) in [7, 11) is 1.45. The molecule has 2 N–H and O–H groups in total. The number of carbonyl (C=O) groups excluding carboxylic acids is 1. The first kappa shape index (κ1) is 17.7. The predicted octanol–water partition coefficient (Wildman–Crippen LogP) is 2.47. The molecule has 0 saturated heterocycles. The van der Waals surface area contributed by atoms with Gasteiger partial charge in [0.15, 0.2) is 0 Å². The summed E-state index contributed by atoms with van der Waals surface area (Å²) in [6, 6.07) is 5.08. The fourth-order valence-electron chi connectivity index (χ4n) is 1.78. The van der Waals surface area contributed by atoms with Gasteiger partial charge in [0.05, 0.1) is 12.5 Å². The summed E-state index contributed by atoms with van der Waals surface area (Å²) in [4.78, 5) is 23.6. The summed E-state index contributed by atoms with van der Waals surface area (Å²) in [5, 5.41) is 11.2. The lowest BCUT2D eigenvalue weighted by Crippen LogP contribution is -2.39. The van der Waals surface area contributed by atoms with Gasteiger partial charge in [-0.25, -0.2) is 4.79 Å². The average Bonchev–Trinajstić information content (AvgIpc) is 2.44. The van der Waals surface area contributed by atoms with Crippen LogP contribution in [0.4, 0.5) is 13.6 Å². The number of urea groups is 1. The van der Waals surface area contributed by atoms with Gasteiger partial charge >= 0.3 is 18.6 Å². The van der Waals surface area contributed by atoms with Crippen molar-refractivity contribution in [1.82, 2.24) is 10.2 Å².